The molecule has 3 rings (SSSR count). The molecule has 0 bridgehead atoms. The Kier molecular flexibility index (Phi) is 9.98. The number of anilines is 1. The van der Waals surface area contributed by atoms with E-state index in [2.05, 4.69) is 26.8 Å². The average Bonchev–Trinajstić information content (AvgIpc) is 2.68. The molecule has 0 spiro atoms. The summed E-state index contributed by atoms with van der Waals surface area (Å²) in [4.78, 5) is 20.5. The summed E-state index contributed by atoms with van der Waals surface area (Å²) in [5.74, 6) is -0.222. The smallest absolute Gasteiger partial charge is 0.560 e. The predicted molar refractivity (Wildman–Crippen MR) is 112 cm³/mol. The van der Waals surface area contributed by atoms with Gasteiger partial charge < -0.3 is 26.4 Å². The first-order valence-electron chi connectivity index (χ1n) is 9.38. The summed E-state index contributed by atoms with van der Waals surface area (Å²) in [5, 5.41) is 5.94. The van der Waals surface area contributed by atoms with E-state index in [4.69, 9.17) is 0 Å². The zero-order chi connectivity index (χ0) is 21.5. The van der Waals surface area contributed by atoms with Crippen molar-refractivity contribution in [1.29, 1.82) is 0 Å². The van der Waals surface area contributed by atoms with E-state index >= 15 is 0 Å². The van der Waals surface area contributed by atoms with Gasteiger partial charge in [-0.15, -0.1) is 6.20 Å². The van der Waals surface area contributed by atoms with Gasteiger partial charge in [0.05, 0.1) is 24.0 Å². The monoisotopic (exact) mass is 449 g/mol. The summed E-state index contributed by atoms with van der Waals surface area (Å²) in [6.45, 7) is 5.05. The second-order valence-corrected chi connectivity index (χ2v) is 6.87. The molecular weight excluding hydrogens is 427 g/mol. The van der Waals surface area contributed by atoms with Crippen LogP contribution in [0.4, 0.5) is 14.5 Å². The summed E-state index contributed by atoms with van der Waals surface area (Å²) in [5.41, 5.74) is 3.65. The minimum absolute atomic E-state index is 0. The molecule has 1 aliphatic heterocycles. The molecule has 1 aliphatic rings. The number of carbonyl (C=O) groups is 1. The SMILES string of the molecule is Cc1cncc(C(=O)Nc2cccc(C(C)N[C-]=CN=C3C=[N+](CC(F)F)[CH-]3)c2)c1.[K+]. The van der Waals surface area contributed by atoms with Gasteiger partial charge >= 0.3 is 51.4 Å². The minimum Gasteiger partial charge on any atom is -0.560 e. The molecular formula is C22H22F2KN5O. The van der Waals surface area contributed by atoms with E-state index in [1.807, 2.05) is 38.1 Å². The third-order valence-corrected chi connectivity index (χ3v) is 4.30. The van der Waals surface area contributed by atoms with Crippen molar-refractivity contribution in [3.8, 4) is 0 Å². The Hall–Kier alpha value is -1.91. The third-order valence-electron chi connectivity index (χ3n) is 4.30. The van der Waals surface area contributed by atoms with Crippen molar-refractivity contribution >= 4 is 23.5 Å². The van der Waals surface area contributed by atoms with Crippen LogP contribution >= 0.6 is 0 Å². The second-order valence-electron chi connectivity index (χ2n) is 6.87. The van der Waals surface area contributed by atoms with Crippen LogP contribution in [0.2, 0.25) is 0 Å². The molecule has 0 radical (unpaired) electrons. The molecule has 1 unspecified atom stereocenters. The molecule has 1 amide bonds. The number of benzene rings is 1. The molecule has 31 heavy (non-hydrogen) atoms. The number of hydrogen-bond acceptors (Lipinski definition) is 4. The Balaban J connectivity index is 0.00000341. The number of halogens is 2. The Morgan fingerprint density at radius 2 is 2.13 bits per heavy atom. The van der Waals surface area contributed by atoms with E-state index in [0.29, 0.717) is 17.0 Å². The number of alkyl halides is 2. The van der Waals surface area contributed by atoms with Crippen molar-refractivity contribution < 1.29 is 69.5 Å². The number of hydrogen-bond donors (Lipinski definition) is 2. The van der Waals surface area contributed by atoms with Crippen molar-refractivity contribution in [3.63, 3.8) is 0 Å². The minimum atomic E-state index is -2.38. The zero-order valence-corrected chi connectivity index (χ0v) is 20.8. The van der Waals surface area contributed by atoms with Gasteiger partial charge in [0.25, 0.3) is 12.3 Å². The quantitative estimate of drug-likeness (QED) is 0.268. The fourth-order valence-corrected chi connectivity index (χ4v) is 2.78. The Labute approximate surface area is 223 Å². The van der Waals surface area contributed by atoms with Crippen LogP contribution in [0.1, 0.15) is 34.5 Å². The Morgan fingerprint density at radius 1 is 1.35 bits per heavy atom. The van der Waals surface area contributed by atoms with Crippen molar-refractivity contribution in [2.75, 3.05) is 11.9 Å². The summed E-state index contributed by atoms with van der Waals surface area (Å²) in [7, 11) is 0. The predicted octanol–water partition coefficient (Wildman–Crippen LogP) is 0.536. The molecule has 9 heteroatoms. The normalized spacial score (nSPS) is 15.0. The van der Waals surface area contributed by atoms with Gasteiger partial charge in [0.2, 0.25) is 0 Å². The van der Waals surface area contributed by atoms with Gasteiger partial charge in [-0.25, -0.2) is 8.78 Å². The molecule has 0 aliphatic carbocycles. The number of nitrogens with one attached hydrogen (secondary N) is 2. The van der Waals surface area contributed by atoms with E-state index in [1.54, 1.807) is 25.0 Å². The van der Waals surface area contributed by atoms with E-state index in [-0.39, 0.29) is 69.9 Å². The average molecular weight is 450 g/mol. The van der Waals surface area contributed by atoms with Crippen LogP contribution in [0.25, 0.3) is 0 Å². The van der Waals surface area contributed by atoms with Crippen molar-refractivity contribution in [1.82, 2.24) is 10.3 Å². The summed E-state index contributed by atoms with van der Waals surface area (Å²) < 4.78 is 25.8. The van der Waals surface area contributed by atoms with Crippen molar-refractivity contribution in [2.24, 2.45) is 4.99 Å². The third kappa shape index (κ3) is 7.93. The van der Waals surface area contributed by atoms with E-state index in [9.17, 15) is 13.6 Å². The topological polar surface area (TPSA) is 69.4 Å². The van der Waals surface area contributed by atoms with Gasteiger partial charge in [0, 0.05) is 24.1 Å². The van der Waals surface area contributed by atoms with Gasteiger partial charge in [-0.1, -0.05) is 12.1 Å². The molecule has 1 aromatic carbocycles. The fraction of sp³-hybridized carbons (Fsp3) is 0.227. The number of nitrogens with zero attached hydrogens (tertiary/aromatic N) is 3. The standard InChI is InChI=1S/C22H22F2N5O.K/c1-15-8-18(11-25-10-15)22(30)28-19-5-3-4-17(9-19)16(2)26-6-7-27-20-12-29(13-20)14-21(23)24;/h3-5,7-13,16,21,26H,14H2,1-2H3,(H,28,30);/q-1;+1. The molecule has 0 saturated heterocycles. The van der Waals surface area contributed by atoms with Crippen LogP contribution in [0.3, 0.4) is 0 Å². The number of aromatic nitrogens is 1. The van der Waals surface area contributed by atoms with Gasteiger partial charge in [-0.05, 0) is 43.2 Å². The van der Waals surface area contributed by atoms with Gasteiger partial charge in [0.15, 0.2) is 6.54 Å². The maximum absolute atomic E-state index is 12.4. The first-order valence-corrected chi connectivity index (χ1v) is 9.38. The largest absolute Gasteiger partial charge is 1.00 e. The maximum Gasteiger partial charge on any atom is 1.00 e. The summed E-state index contributed by atoms with van der Waals surface area (Å²) >= 11 is 0. The van der Waals surface area contributed by atoms with Crippen molar-refractivity contribution in [2.45, 2.75) is 26.3 Å². The second kappa shape index (κ2) is 12.2. The van der Waals surface area contributed by atoms with E-state index in [1.165, 1.54) is 17.0 Å². The van der Waals surface area contributed by atoms with Gasteiger partial charge in [0.1, 0.15) is 0 Å². The maximum atomic E-state index is 12.4. The van der Waals surface area contributed by atoms with E-state index < -0.39 is 6.43 Å². The van der Waals surface area contributed by atoms with Gasteiger partial charge in [-0.2, -0.15) is 0 Å². The Morgan fingerprint density at radius 3 is 2.84 bits per heavy atom. The first kappa shape index (κ1) is 25.3. The molecule has 0 saturated carbocycles. The molecule has 6 nitrogen and oxygen atoms in total. The molecule has 2 N–H and O–H groups in total. The van der Waals surface area contributed by atoms with Crippen LogP contribution in [0.5, 0.6) is 0 Å². The van der Waals surface area contributed by atoms with Crippen LogP contribution in [0, 0.1) is 19.7 Å². The number of aliphatic imine (C=N–C) groups is 1. The first-order chi connectivity index (χ1) is 14.4. The number of amides is 1. The van der Waals surface area contributed by atoms with Crippen LogP contribution in [0.15, 0.2) is 53.9 Å². The number of carbonyl (C=O) groups excluding carboxylic acids is 1. The van der Waals surface area contributed by atoms with Crippen LogP contribution in [-0.4, -0.2) is 40.4 Å². The summed E-state index contributed by atoms with van der Waals surface area (Å²) in [6, 6.07) is 9.19. The molecule has 0 fully saturated rings. The fourth-order valence-electron chi connectivity index (χ4n) is 2.78. The Bertz CT molecular complexity index is 1010. The molecule has 156 valence electrons. The number of aryl methyl sites for hydroxylation is 1. The molecule has 2 aromatic rings. The van der Waals surface area contributed by atoms with E-state index in [0.717, 1.165) is 11.1 Å². The zero-order valence-electron chi connectivity index (χ0n) is 17.6. The molecule has 2 heterocycles. The number of rotatable bonds is 8. The van der Waals surface area contributed by atoms with Crippen molar-refractivity contribution in [3.05, 3.63) is 78.4 Å². The van der Waals surface area contributed by atoms with Gasteiger partial charge in [-0.3, -0.25) is 9.78 Å². The van der Waals surface area contributed by atoms with Crippen LogP contribution in [-0.2, 0) is 0 Å². The number of pyridine rings is 1. The van der Waals surface area contributed by atoms with Crippen LogP contribution < -0.4 is 62.0 Å². The molecule has 1 aromatic heterocycles. The molecule has 1 atom stereocenters. The summed E-state index contributed by atoms with van der Waals surface area (Å²) in [6.07, 6.45) is 6.71.